The lowest BCUT2D eigenvalue weighted by Gasteiger charge is -2.26. The number of aryl methyl sites for hydroxylation is 1. The number of anilines is 1. The number of aromatic nitrogens is 4. The summed E-state index contributed by atoms with van der Waals surface area (Å²) in [5.41, 5.74) is 4.42. The minimum atomic E-state index is -0.187. The van der Waals surface area contributed by atoms with Gasteiger partial charge in [-0.25, -0.2) is 4.98 Å². The van der Waals surface area contributed by atoms with Crippen molar-refractivity contribution in [2.24, 2.45) is 0 Å². The van der Waals surface area contributed by atoms with E-state index in [0.717, 1.165) is 41.9 Å². The van der Waals surface area contributed by atoms with Crippen LogP contribution in [-0.4, -0.2) is 50.2 Å². The van der Waals surface area contributed by atoms with Crippen molar-refractivity contribution in [3.63, 3.8) is 0 Å². The van der Waals surface area contributed by atoms with Crippen LogP contribution in [0.5, 0.6) is 0 Å². The molecule has 5 rings (SSSR count). The Bertz CT molecular complexity index is 1210. The monoisotopic (exact) mass is 454 g/mol. The fourth-order valence-corrected chi connectivity index (χ4v) is 4.51. The summed E-state index contributed by atoms with van der Waals surface area (Å²) in [5, 5.41) is 9.85. The molecular weight excluding hydrogens is 424 g/mol. The lowest BCUT2D eigenvalue weighted by Crippen LogP contribution is -2.30. The number of H-pyrrole nitrogens is 1. The van der Waals surface area contributed by atoms with Crippen LogP contribution in [0.1, 0.15) is 41.7 Å². The second-order valence-corrected chi connectivity index (χ2v) is 8.79. The molecule has 4 aromatic rings. The second kappa shape index (κ2) is 10.5. The maximum Gasteiger partial charge on any atom is 0.258 e. The van der Waals surface area contributed by atoms with Crippen molar-refractivity contribution in [1.82, 2.24) is 24.6 Å². The number of aromatic amines is 1. The summed E-state index contributed by atoms with van der Waals surface area (Å²) in [5.74, 6) is 0.353. The van der Waals surface area contributed by atoms with Gasteiger partial charge in [0.25, 0.3) is 5.91 Å². The molecule has 1 saturated heterocycles. The highest BCUT2D eigenvalue weighted by molar-refractivity contribution is 6.04. The lowest BCUT2D eigenvalue weighted by molar-refractivity contribution is 0.102. The molecular formula is C27H30N6O. The van der Waals surface area contributed by atoms with Gasteiger partial charge in [0, 0.05) is 29.2 Å². The fraction of sp³-hybridized carbons (Fsp3) is 0.296. The number of rotatable bonds is 8. The van der Waals surface area contributed by atoms with E-state index < -0.39 is 0 Å². The van der Waals surface area contributed by atoms with E-state index in [1.54, 1.807) is 6.20 Å². The van der Waals surface area contributed by atoms with Crippen molar-refractivity contribution >= 4 is 11.9 Å². The molecule has 0 radical (unpaired) electrons. The molecule has 0 atom stereocenters. The van der Waals surface area contributed by atoms with Gasteiger partial charge in [-0.3, -0.25) is 19.8 Å². The van der Waals surface area contributed by atoms with E-state index >= 15 is 0 Å². The van der Waals surface area contributed by atoms with Gasteiger partial charge in [0.05, 0.1) is 11.9 Å². The minimum Gasteiger partial charge on any atom is -0.303 e. The summed E-state index contributed by atoms with van der Waals surface area (Å²) < 4.78 is 1.97. The Kier molecular flexibility index (Phi) is 6.81. The molecule has 174 valence electrons. The van der Waals surface area contributed by atoms with Crippen LogP contribution in [0.15, 0.2) is 73.2 Å². The molecule has 34 heavy (non-hydrogen) atoms. The van der Waals surface area contributed by atoms with Gasteiger partial charge in [-0.1, -0.05) is 36.8 Å². The van der Waals surface area contributed by atoms with Crippen LogP contribution in [0.2, 0.25) is 0 Å². The molecule has 7 nitrogen and oxygen atoms in total. The Morgan fingerprint density at radius 1 is 1.00 bits per heavy atom. The molecule has 0 spiro atoms. The first-order valence-corrected chi connectivity index (χ1v) is 12.0. The van der Waals surface area contributed by atoms with Crippen molar-refractivity contribution < 1.29 is 4.79 Å². The standard InChI is InChI=1S/C27H30N6O/c34-26(22-10-7-9-21(17-22)23-18-28-29-19-23)31-27-30-24(11-8-16-32-14-5-2-6-15-32)20-33(27)25-12-3-1-4-13-25/h1,3-4,7,9-10,12-13,17-20H,2,5-6,8,11,14-16H2,(H,28,29)(H,30,31,34). The largest absolute Gasteiger partial charge is 0.303 e. The van der Waals surface area contributed by atoms with E-state index in [1.165, 1.54) is 32.4 Å². The number of nitrogens with zero attached hydrogens (tertiary/aromatic N) is 4. The van der Waals surface area contributed by atoms with Crippen molar-refractivity contribution in [3.8, 4) is 16.8 Å². The summed E-state index contributed by atoms with van der Waals surface area (Å²) in [4.78, 5) is 20.5. The Balaban J connectivity index is 1.33. The SMILES string of the molecule is O=C(Nc1nc(CCCN2CCCCC2)cn1-c1ccccc1)c1cccc(-c2cn[nH]c2)c1. The predicted octanol–water partition coefficient (Wildman–Crippen LogP) is 4.93. The van der Waals surface area contributed by atoms with Crippen molar-refractivity contribution in [1.29, 1.82) is 0 Å². The summed E-state index contributed by atoms with van der Waals surface area (Å²) in [6, 6.07) is 17.5. The third-order valence-electron chi connectivity index (χ3n) is 6.33. The van der Waals surface area contributed by atoms with Crippen LogP contribution in [0.3, 0.4) is 0 Å². The highest BCUT2D eigenvalue weighted by Gasteiger charge is 2.16. The van der Waals surface area contributed by atoms with Crippen molar-refractivity contribution in [2.45, 2.75) is 32.1 Å². The Morgan fingerprint density at radius 3 is 2.65 bits per heavy atom. The lowest BCUT2D eigenvalue weighted by atomic mass is 10.1. The van der Waals surface area contributed by atoms with Gasteiger partial charge >= 0.3 is 0 Å². The second-order valence-electron chi connectivity index (χ2n) is 8.79. The van der Waals surface area contributed by atoms with Crippen LogP contribution < -0.4 is 5.32 Å². The molecule has 2 aromatic carbocycles. The molecule has 0 unspecified atom stereocenters. The smallest absolute Gasteiger partial charge is 0.258 e. The van der Waals surface area contributed by atoms with Gasteiger partial charge in [-0.2, -0.15) is 5.10 Å². The summed E-state index contributed by atoms with van der Waals surface area (Å²) in [6.45, 7) is 3.51. The van der Waals surface area contributed by atoms with E-state index in [2.05, 4.69) is 20.4 Å². The average Bonchev–Trinajstić information content (AvgIpc) is 3.56. The zero-order valence-corrected chi connectivity index (χ0v) is 19.3. The molecule has 1 fully saturated rings. The van der Waals surface area contributed by atoms with E-state index in [0.29, 0.717) is 11.5 Å². The molecule has 0 bridgehead atoms. The average molecular weight is 455 g/mol. The van der Waals surface area contributed by atoms with Crippen molar-refractivity contribution in [2.75, 3.05) is 25.0 Å². The zero-order valence-electron chi connectivity index (χ0n) is 19.3. The normalized spacial score (nSPS) is 14.2. The molecule has 1 aliphatic heterocycles. The number of hydrogen-bond acceptors (Lipinski definition) is 4. The summed E-state index contributed by atoms with van der Waals surface area (Å²) in [6.07, 6.45) is 11.5. The van der Waals surface area contributed by atoms with Crippen LogP contribution in [0.25, 0.3) is 16.8 Å². The fourth-order valence-electron chi connectivity index (χ4n) is 4.51. The summed E-state index contributed by atoms with van der Waals surface area (Å²) in [7, 11) is 0. The highest BCUT2D eigenvalue weighted by Crippen LogP contribution is 2.22. The first kappa shape index (κ1) is 22.1. The van der Waals surface area contributed by atoms with Gasteiger partial charge in [-0.05, 0) is 75.1 Å². The number of carbonyl (C=O) groups excluding carboxylic acids is 1. The van der Waals surface area contributed by atoms with Crippen LogP contribution >= 0.6 is 0 Å². The first-order valence-electron chi connectivity index (χ1n) is 12.0. The van der Waals surface area contributed by atoms with Gasteiger partial charge < -0.3 is 4.90 Å². The van der Waals surface area contributed by atoms with Gasteiger partial charge in [0.15, 0.2) is 0 Å². The molecule has 3 heterocycles. The van der Waals surface area contributed by atoms with Gasteiger partial charge in [-0.15, -0.1) is 0 Å². The number of amides is 1. The van der Waals surface area contributed by atoms with Gasteiger partial charge in [0.1, 0.15) is 0 Å². The number of nitrogens with one attached hydrogen (secondary N) is 2. The van der Waals surface area contributed by atoms with E-state index in [1.807, 2.05) is 71.6 Å². The van der Waals surface area contributed by atoms with E-state index in [9.17, 15) is 4.79 Å². The highest BCUT2D eigenvalue weighted by atomic mass is 16.1. The number of likely N-dealkylation sites (tertiary alicyclic amines) is 1. The van der Waals surface area contributed by atoms with Crippen LogP contribution in [0.4, 0.5) is 5.95 Å². The molecule has 1 aliphatic rings. The molecule has 2 N–H and O–H groups in total. The quantitative estimate of drug-likeness (QED) is 0.396. The third kappa shape index (κ3) is 5.26. The maximum absolute atomic E-state index is 13.2. The molecule has 1 amide bonds. The number of para-hydroxylation sites is 1. The first-order chi connectivity index (χ1) is 16.8. The third-order valence-corrected chi connectivity index (χ3v) is 6.33. The molecule has 2 aromatic heterocycles. The van der Waals surface area contributed by atoms with E-state index in [4.69, 9.17) is 4.98 Å². The predicted molar refractivity (Wildman–Crippen MR) is 134 cm³/mol. The van der Waals surface area contributed by atoms with Gasteiger partial charge in [0.2, 0.25) is 5.95 Å². The Labute approximate surface area is 199 Å². The maximum atomic E-state index is 13.2. The summed E-state index contributed by atoms with van der Waals surface area (Å²) >= 11 is 0. The number of hydrogen-bond donors (Lipinski definition) is 2. The number of imidazole rings is 1. The van der Waals surface area contributed by atoms with Crippen molar-refractivity contribution in [3.05, 3.63) is 84.4 Å². The number of benzene rings is 2. The topological polar surface area (TPSA) is 78.8 Å². The number of carbonyl (C=O) groups is 1. The van der Waals surface area contributed by atoms with Crippen LogP contribution in [0, 0.1) is 0 Å². The van der Waals surface area contributed by atoms with Crippen LogP contribution in [-0.2, 0) is 6.42 Å². The number of piperidine rings is 1. The Hall–Kier alpha value is -3.71. The molecule has 0 aliphatic carbocycles. The Morgan fingerprint density at radius 2 is 1.85 bits per heavy atom. The van der Waals surface area contributed by atoms with E-state index in [-0.39, 0.29) is 5.91 Å². The minimum absolute atomic E-state index is 0.187. The molecule has 7 heteroatoms. The zero-order chi connectivity index (χ0) is 23.2. The molecule has 0 saturated carbocycles.